The van der Waals surface area contributed by atoms with Gasteiger partial charge in [0.05, 0.1) is 6.54 Å². The number of nitrogens with zero attached hydrogens (tertiary/aromatic N) is 3. The second kappa shape index (κ2) is 6.98. The molecular weight excluding hydrogens is 295 g/mol. The molecule has 0 aliphatic carbocycles. The van der Waals surface area contributed by atoms with Crippen molar-refractivity contribution in [2.24, 2.45) is 5.73 Å². The van der Waals surface area contributed by atoms with Crippen LogP contribution in [-0.4, -0.2) is 34.2 Å². The van der Waals surface area contributed by atoms with Crippen molar-refractivity contribution >= 4 is 12.4 Å². The van der Waals surface area contributed by atoms with Gasteiger partial charge < -0.3 is 10.3 Å². The van der Waals surface area contributed by atoms with Crippen LogP contribution in [0.4, 0.5) is 4.39 Å². The molecule has 1 unspecified atom stereocenters. The maximum Gasteiger partial charge on any atom is 0.241 e. The van der Waals surface area contributed by atoms with Crippen molar-refractivity contribution < 1.29 is 8.91 Å². The lowest BCUT2D eigenvalue weighted by molar-refractivity contribution is 0.214. The molecule has 2 aromatic rings. The van der Waals surface area contributed by atoms with Crippen molar-refractivity contribution in [1.82, 2.24) is 15.0 Å². The normalized spacial score (nSPS) is 18.7. The first-order chi connectivity index (χ1) is 9.76. The smallest absolute Gasteiger partial charge is 0.241 e. The Balaban J connectivity index is 0.00000161. The number of nitrogens with two attached hydrogens (primary N) is 1. The summed E-state index contributed by atoms with van der Waals surface area (Å²) in [5.74, 6) is 0.786. The molecular formula is C14H18ClFN4O. The minimum Gasteiger partial charge on any atom is -0.338 e. The van der Waals surface area contributed by atoms with Crippen molar-refractivity contribution in [3.63, 3.8) is 0 Å². The van der Waals surface area contributed by atoms with Crippen LogP contribution in [0.2, 0.25) is 0 Å². The van der Waals surface area contributed by atoms with E-state index in [1.807, 2.05) is 0 Å². The van der Waals surface area contributed by atoms with Gasteiger partial charge in [-0.3, -0.25) is 4.90 Å². The molecule has 0 amide bonds. The van der Waals surface area contributed by atoms with E-state index in [0.29, 0.717) is 30.8 Å². The first kappa shape index (κ1) is 15.9. The maximum absolute atomic E-state index is 12.9. The number of aromatic nitrogens is 2. The fourth-order valence-corrected chi connectivity index (χ4v) is 2.58. The molecule has 3 rings (SSSR count). The van der Waals surface area contributed by atoms with Gasteiger partial charge in [0, 0.05) is 18.2 Å². The largest absolute Gasteiger partial charge is 0.338 e. The van der Waals surface area contributed by atoms with Crippen LogP contribution in [0.3, 0.4) is 0 Å². The highest BCUT2D eigenvalue weighted by Crippen LogP contribution is 2.20. The van der Waals surface area contributed by atoms with Crippen LogP contribution < -0.4 is 5.73 Å². The fraction of sp³-hybridized carbons (Fsp3) is 0.429. The average Bonchev–Trinajstić information content (AvgIpc) is 3.09. The summed E-state index contributed by atoms with van der Waals surface area (Å²) in [5, 5.41) is 3.94. The molecule has 0 spiro atoms. The quantitative estimate of drug-likeness (QED) is 0.937. The van der Waals surface area contributed by atoms with Crippen LogP contribution in [0.5, 0.6) is 0 Å². The molecule has 7 heteroatoms. The SMILES string of the molecule is Cl.NCC1CCCN1Cc1nc(-c2ccc(F)cc2)no1. The summed E-state index contributed by atoms with van der Waals surface area (Å²) in [5.41, 5.74) is 6.49. The number of hydrogen-bond donors (Lipinski definition) is 1. The van der Waals surface area contributed by atoms with Crippen molar-refractivity contribution in [1.29, 1.82) is 0 Å². The third-order valence-electron chi connectivity index (χ3n) is 3.68. The molecule has 2 N–H and O–H groups in total. The lowest BCUT2D eigenvalue weighted by atomic mass is 10.2. The molecule has 0 radical (unpaired) electrons. The summed E-state index contributed by atoms with van der Waals surface area (Å²) >= 11 is 0. The molecule has 1 atom stereocenters. The summed E-state index contributed by atoms with van der Waals surface area (Å²) in [6.07, 6.45) is 2.27. The predicted octanol–water partition coefficient (Wildman–Crippen LogP) is 2.22. The zero-order valence-electron chi connectivity index (χ0n) is 11.5. The minimum atomic E-state index is -0.277. The average molecular weight is 313 g/mol. The Bertz CT molecular complexity index is 575. The number of likely N-dealkylation sites (tertiary alicyclic amines) is 1. The van der Waals surface area contributed by atoms with E-state index in [0.717, 1.165) is 24.9 Å². The molecule has 2 heterocycles. The first-order valence-electron chi connectivity index (χ1n) is 6.79. The second-order valence-corrected chi connectivity index (χ2v) is 5.02. The predicted molar refractivity (Wildman–Crippen MR) is 79.4 cm³/mol. The molecule has 21 heavy (non-hydrogen) atoms. The molecule has 1 aliphatic heterocycles. The minimum absolute atomic E-state index is 0. The van der Waals surface area contributed by atoms with Crippen molar-refractivity contribution in [2.75, 3.05) is 13.1 Å². The van der Waals surface area contributed by atoms with Gasteiger partial charge in [-0.2, -0.15) is 4.98 Å². The topological polar surface area (TPSA) is 68.2 Å². The molecule has 1 fully saturated rings. The molecule has 1 aliphatic rings. The Morgan fingerprint density at radius 2 is 2.10 bits per heavy atom. The molecule has 1 aromatic carbocycles. The monoisotopic (exact) mass is 312 g/mol. The van der Waals surface area contributed by atoms with Crippen molar-refractivity contribution in [3.05, 3.63) is 36.0 Å². The van der Waals surface area contributed by atoms with Crippen LogP contribution in [0.1, 0.15) is 18.7 Å². The molecule has 0 bridgehead atoms. The summed E-state index contributed by atoms with van der Waals surface area (Å²) < 4.78 is 18.1. The third kappa shape index (κ3) is 3.58. The number of hydrogen-bond acceptors (Lipinski definition) is 5. The Labute approximate surface area is 128 Å². The highest BCUT2D eigenvalue weighted by atomic mass is 35.5. The van der Waals surface area contributed by atoms with E-state index in [1.54, 1.807) is 12.1 Å². The second-order valence-electron chi connectivity index (χ2n) is 5.02. The molecule has 1 aromatic heterocycles. The van der Waals surface area contributed by atoms with Gasteiger partial charge in [0.15, 0.2) is 0 Å². The van der Waals surface area contributed by atoms with Crippen molar-refractivity contribution in [3.8, 4) is 11.4 Å². The van der Waals surface area contributed by atoms with E-state index in [1.165, 1.54) is 12.1 Å². The van der Waals surface area contributed by atoms with E-state index in [-0.39, 0.29) is 18.2 Å². The van der Waals surface area contributed by atoms with Gasteiger partial charge in [-0.15, -0.1) is 12.4 Å². The van der Waals surface area contributed by atoms with Crippen LogP contribution in [0.25, 0.3) is 11.4 Å². The fourth-order valence-electron chi connectivity index (χ4n) is 2.58. The molecule has 5 nitrogen and oxygen atoms in total. The summed E-state index contributed by atoms with van der Waals surface area (Å²) in [7, 11) is 0. The highest BCUT2D eigenvalue weighted by Gasteiger charge is 2.25. The van der Waals surface area contributed by atoms with Crippen LogP contribution in [-0.2, 0) is 6.54 Å². The van der Waals surface area contributed by atoms with Crippen LogP contribution in [0.15, 0.2) is 28.8 Å². The van der Waals surface area contributed by atoms with Gasteiger partial charge in [-0.1, -0.05) is 5.16 Å². The standard InChI is InChI=1S/C14H17FN4O.ClH/c15-11-5-3-10(4-6-11)14-17-13(20-18-14)9-19-7-1-2-12(19)8-16;/h3-6,12H,1-2,7-9,16H2;1H. The van der Waals surface area contributed by atoms with Gasteiger partial charge in [0.1, 0.15) is 5.82 Å². The zero-order chi connectivity index (χ0) is 13.9. The molecule has 114 valence electrons. The van der Waals surface area contributed by atoms with Gasteiger partial charge in [0.25, 0.3) is 0 Å². The Hall–Kier alpha value is -1.50. The lowest BCUT2D eigenvalue weighted by Crippen LogP contribution is -2.34. The summed E-state index contributed by atoms with van der Waals surface area (Å²) in [4.78, 5) is 6.63. The Kier molecular flexibility index (Phi) is 5.27. The molecule has 0 saturated carbocycles. The maximum atomic E-state index is 12.9. The van der Waals surface area contributed by atoms with Gasteiger partial charge in [-0.05, 0) is 43.7 Å². The van der Waals surface area contributed by atoms with E-state index in [2.05, 4.69) is 15.0 Å². The van der Waals surface area contributed by atoms with E-state index < -0.39 is 0 Å². The van der Waals surface area contributed by atoms with E-state index >= 15 is 0 Å². The number of rotatable bonds is 4. The lowest BCUT2D eigenvalue weighted by Gasteiger charge is -2.20. The van der Waals surface area contributed by atoms with Crippen molar-refractivity contribution in [2.45, 2.75) is 25.4 Å². The van der Waals surface area contributed by atoms with E-state index in [4.69, 9.17) is 10.3 Å². The first-order valence-corrected chi connectivity index (χ1v) is 6.79. The number of benzene rings is 1. The third-order valence-corrected chi connectivity index (χ3v) is 3.68. The van der Waals surface area contributed by atoms with Gasteiger partial charge in [-0.25, -0.2) is 4.39 Å². The van der Waals surface area contributed by atoms with Crippen LogP contribution in [0, 0.1) is 5.82 Å². The van der Waals surface area contributed by atoms with E-state index in [9.17, 15) is 4.39 Å². The Morgan fingerprint density at radius 3 is 2.81 bits per heavy atom. The Morgan fingerprint density at radius 1 is 1.33 bits per heavy atom. The highest BCUT2D eigenvalue weighted by molar-refractivity contribution is 5.85. The zero-order valence-corrected chi connectivity index (χ0v) is 12.4. The van der Waals surface area contributed by atoms with Gasteiger partial charge >= 0.3 is 0 Å². The molecule has 1 saturated heterocycles. The summed E-state index contributed by atoms with van der Waals surface area (Å²) in [6, 6.07) is 6.45. The summed E-state index contributed by atoms with van der Waals surface area (Å²) in [6.45, 7) is 2.28. The van der Waals surface area contributed by atoms with Crippen LogP contribution >= 0.6 is 12.4 Å². The number of halogens is 2. The van der Waals surface area contributed by atoms with Gasteiger partial charge in [0.2, 0.25) is 11.7 Å².